The van der Waals surface area contributed by atoms with Gasteiger partial charge in [-0.2, -0.15) is 11.8 Å². The van der Waals surface area contributed by atoms with Gasteiger partial charge in [0.15, 0.2) is 0 Å². The van der Waals surface area contributed by atoms with Gasteiger partial charge in [-0.15, -0.1) is 0 Å². The van der Waals surface area contributed by atoms with Crippen molar-refractivity contribution in [2.45, 2.75) is 12.5 Å². The Morgan fingerprint density at radius 3 is 2.81 bits per heavy atom. The highest BCUT2D eigenvalue weighted by Crippen LogP contribution is 2.35. The Bertz CT molecular complexity index is 916. The second-order valence-electron chi connectivity index (χ2n) is 5.49. The molecule has 6 nitrogen and oxygen atoms in total. The zero-order valence-electron chi connectivity index (χ0n) is 13.8. The highest BCUT2D eigenvalue weighted by molar-refractivity contribution is 8.26. The van der Waals surface area contributed by atoms with E-state index in [0.717, 1.165) is 28.4 Å². The van der Waals surface area contributed by atoms with E-state index in [-0.39, 0.29) is 10.2 Å². The van der Waals surface area contributed by atoms with Crippen LogP contribution in [0.2, 0.25) is 0 Å². The number of hydrogen-bond acceptors (Lipinski definition) is 7. The third-order valence-electron chi connectivity index (χ3n) is 3.81. The second kappa shape index (κ2) is 8.15. The third-order valence-corrected chi connectivity index (χ3v) is 5.78. The number of aliphatic carboxylic acids is 1. The first-order valence-corrected chi connectivity index (χ1v) is 10.3. The van der Waals surface area contributed by atoms with E-state index in [2.05, 4.69) is 9.97 Å². The summed E-state index contributed by atoms with van der Waals surface area (Å²) in [6, 6.07) is 4.56. The quantitative estimate of drug-likeness (QED) is 0.580. The molecule has 3 rings (SSSR count). The van der Waals surface area contributed by atoms with Gasteiger partial charge in [0.2, 0.25) is 0 Å². The molecule has 0 spiro atoms. The largest absolute Gasteiger partial charge is 0.480 e. The fourth-order valence-corrected chi connectivity index (χ4v) is 4.38. The fraction of sp³-hybridized carbons (Fsp3) is 0.235. The first-order chi connectivity index (χ1) is 12.5. The number of carboxylic acid groups (broad SMARTS) is 1. The summed E-state index contributed by atoms with van der Waals surface area (Å²) < 4.78 is 0.273. The van der Waals surface area contributed by atoms with E-state index in [1.807, 2.05) is 24.5 Å². The second-order valence-corrected chi connectivity index (χ2v) is 8.15. The van der Waals surface area contributed by atoms with Crippen molar-refractivity contribution in [3.05, 3.63) is 41.1 Å². The molecule has 2 heterocycles. The summed E-state index contributed by atoms with van der Waals surface area (Å²) in [6.45, 7) is 0. The summed E-state index contributed by atoms with van der Waals surface area (Å²) in [7, 11) is 0. The van der Waals surface area contributed by atoms with Gasteiger partial charge in [0.1, 0.15) is 10.4 Å². The summed E-state index contributed by atoms with van der Waals surface area (Å²) in [5.74, 6) is -0.776. The normalized spacial score (nSPS) is 17.3. The average molecular weight is 406 g/mol. The van der Waals surface area contributed by atoms with Crippen LogP contribution in [0.5, 0.6) is 0 Å². The molecule has 2 aromatic rings. The summed E-state index contributed by atoms with van der Waals surface area (Å²) in [6.07, 6.45) is 7.18. The molecule has 1 aliphatic rings. The van der Waals surface area contributed by atoms with Crippen molar-refractivity contribution in [3.63, 3.8) is 0 Å². The van der Waals surface area contributed by atoms with Crippen molar-refractivity contribution in [1.29, 1.82) is 0 Å². The van der Waals surface area contributed by atoms with E-state index < -0.39 is 12.0 Å². The minimum atomic E-state index is -1.04. The summed E-state index contributed by atoms with van der Waals surface area (Å²) in [5, 5.41) is 9.48. The predicted molar refractivity (Wildman–Crippen MR) is 109 cm³/mol. The first-order valence-electron chi connectivity index (χ1n) is 7.71. The number of thiocarbonyl (C=S) groups is 1. The topological polar surface area (TPSA) is 83.4 Å². The molecule has 1 fully saturated rings. The van der Waals surface area contributed by atoms with Crippen LogP contribution in [-0.2, 0) is 9.59 Å². The maximum absolute atomic E-state index is 12.7. The molecule has 134 valence electrons. The number of nitrogens with zero attached hydrogens (tertiary/aromatic N) is 3. The van der Waals surface area contributed by atoms with Gasteiger partial charge in [0.25, 0.3) is 5.91 Å². The highest BCUT2D eigenvalue weighted by Gasteiger charge is 2.40. The Labute approximate surface area is 164 Å². The number of carbonyl (C=O) groups excluding carboxylic acids is 1. The van der Waals surface area contributed by atoms with Crippen molar-refractivity contribution in [2.24, 2.45) is 0 Å². The molecule has 1 saturated heterocycles. The molecule has 1 N–H and O–H groups in total. The maximum atomic E-state index is 12.7. The molecular weight excluding hydrogens is 390 g/mol. The Balaban J connectivity index is 1.89. The molecule has 1 aromatic heterocycles. The number of carboxylic acids is 1. The van der Waals surface area contributed by atoms with Crippen LogP contribution < -0.4 is 0 Å². The number of carbonyl (C=O) groups is 2. The van der Waals surface area contributed by atoms with Gasteiger partial charge in [-0.05, 0) is 42.2 Å². The SMILES string of the molecule is CSCC[C@H](C(=O)O)N1C(=O)/C(=C/c2ccc3nccnc3c2)SC1=S. The molecule has 1 amide bonds. The van der Waals surface area contributed by atoms with Crippen molar-refractivity contribution >= 4 is 69.0 Å². The standard InChI is InChI=1S/C17H15N3O3S3/c1-25-7-4-13(16(22)23)20-15(21)14(26-17(20)24)9-10-2-3-11-12(8-10)19-6-5-18-11/h2-3,5-6,8-9,13H,4,7H2,1H3,(H,22,23)/b14-9-/t13-/m1/s1. The van der Waals surface area contributed by atoms with Crippen LogP contribution in [-0.4, -0.2) is 54.2 Å². The van der Waals surface area contributed by atoms with Crippen LogP contribution >= 0.6 is 35.7 Å². The molecule has 0 bridgehead atoms. The number of fused-ring (bicyclic) bond motifs is 1. The highest BCUT2D eigenvalue weighted by atomic mass is 32.2. The van der Waals surface area contributed by atoms with Crippen LogP contribution in [0.15, 0.2) is 35.5 Å². The van der Waals surface area contributed by atoms with E-state index >= 15 is 0 Å². The van der Waals surface area contributed by atoms with Crippen LogP contribution in [0.4, 0.5) is 0 Å². The fourth-order valence-electron chi connectivity index (χ4n) is 2.56. The molecule has 0 radical (unpaired) electrons. The number of benzene rings is 1. The molecule has 1 aromatic carbocycles. The molecular formula is C17H15N3O3S3. The maximum Gasteiger partial charge on any atom is 0.326 e. The summed E-state index contributed by atoms with van der Waals surface area (Å²) in [5.41, 5.74) is 2.27. The van der Waals surface area contributed by atoms with Gasteiger partial charge in [0, 0.05) is 12.4 Å². The van der Waals surface area contributed by atoms with Crippen molar-refractivity contribution in [3.8, 4) is 0 Å². The van der Waals surface area contributed by atoms with Crippen LogP contribution in [0.1, 0.15) is 12.0 Å². The van der Waals surface area contributed by atoms with Crippen molar-refractivity contribution < 1.29 is 14.7 Å². The van der Waals surface area contributed by atoms with Gasteiger partial charge in [-0.3, -0.25) is 19.7 Å². The molecule has 1 atom stereocenters. The Kier molecular flexibility index (Phi) is 5.90. The molecule has 0 saturated carbocycles. The Morgan fingerprint density at radius 2 is 2.12 bits per heavy atom. The van der Waals surface area contributed by atoms with Crippen LogP contribution in [0, 0.1) is 0 Å². The number of thioether (sulfide) groups is 2. The summed E-state index contributed by atoms with van der Waals surface area (Å²) in [4.78, 5) is 34.4. The third kappa shape index (κ3) is 3.89. The van der Waals surface area contributed by atoms with Crippen LogP contribution in [0.3, 0.4) is 0 Å². The monoisotopic (exact) mass is 405 g/mol. The van der Waals surface area contributed by atoms with Gasteiger partial charge in [-0.25, -0.2) is 4.79 Å². The Morgan fingerprint density at radius 1 is 1.38 bits per heavy atom. The van der Waals surface area contributed by atoms with Crippen LogP contribution in [0.25, 0.3) is 17.1 Å². The first kappa shape index (κ1) is 18.8. The van der Waals surface area contributed by atoms with Gasteiger partial charge in [0.05, 0.1) is 15.9 Å². The van der Waals surface area contributed by atoms with Crippen molar-refractivity contribution in [2.75, 3.05) is 12.0 Å². The van der Waals surface area contributed by atoms with Gasteiger partial charge in [-0.1, -0.05) is 30.0 Å². The number of rotatable bonds is 6. The zero-order valence-corrected chi connectivity index (χ0v) is 16.2. The van der Waals surface area contributed by atoms with Crippen molar-refractivity contribution in [1.82, 2.24) is 14.9 Å². The van der Waals surface area contributed by atoms with E-state index in [9.17, 15) is 14.7 Å². The lowest BCUT2D eigenvalue weighted by atomic mass is 10.1. The van der Waals surface area contributed by atoms with E-state index in [0.29, 0.717) is 17.1 Å². The number of amides is 1. The lowest BCUT2D eigenvalue weighted by Crippen LogP contribution is -2.44. The number of hydrogen-bond donors (Lipinski definition) is 1. The van der Waals surface area contributed by atoms with Gasteiger partial charge >= 0.3 is 5.97 Å². The molecule has 0 unspecified atom stereocenters. The molecule has 1 aliphatic heterocycles. The average Bonchev–Trinajstić information content (AvgIpc) is 2.89. The van der Waals surface area contributed by atoms with Gasteiger partial charge < -0.3 is 5.11 Å². The minimum absolute atomic E-state index is 0.273. The summed E-state index contributed by atoms with van der Waals surface area (Å²) >= 11 is 7.93. The lowest BCUT2D eigenvalue weighted by molar-refractivity contribution is -0.145. The Hall–Kier alpha value is -1.97. The molecule has 0 aliphatic carbocycles. The van der Waals surface area contributed by atoms with E-state index in [1.54, 1.807) is 18.5 Å². The predicted octanol–water partition coefficient (Wildman–Crippen LogP) is 3.04. The lowest BCUT2D eigenvalue weighted by Gasteiger charge is -2.22. The zero-order chi connectivity index (χ0) is 18.7. The minimum Gasteiger partial charge on any atom is -0.480 e. The van der Waals surface area contributed by atoms with E-state index in [4.69, 9.17) is 12.2 Å². The molecule has 26 heavy (non-hydrogen) atoms. The smallest absolute Gasteiger partial charge is 0.326 e. The molecule has 9 heteroatoms. The van der Waals surface area contributed by atoms with E-state index in [1.165, 1.54) is 16.7 Å². The number of aromatic nitrogens is 2.